The van der Waals surface area contributed by atoms with Crippen LogP contribution in [0.3, 0.4) is 0 Å². The van der Waals surface area contributed by atoms with Gasteiger partial charge in [0.2, 0.25) is 0 Å². The number of hydrogen-bond acceptors (Lipinski definition) is 2. The second-order valence-corrected chi connectivity index (χ2v) is 5.50. The highest BCUT2D eigenvalue weighted by Gasteiger charge is 2.21. The Bertz CT molecular complexity index is 665. The van der Waals surface area contributed by atoms with Gasteiger partial charge in [-0.05, 0) is 36.8 Å². The topological polar surface area (TPSA) is 66.4 Å². The van der Waals surface area contributed by atoms with Crippen LogP contribution in [0.15, 0.2) is 48.5 Å². The maximum absolute atomic E-state index is 12.1. The Labute approximate surface area is 133 Å². The van der Waals surface area contributed by atoms with E-state index in [0.29, 0.717) is 10.6 Å². The Morgan fingerprint density at radius 2 is 1.68 bits per heavy atom. The van der Waals surface area contributed by atoms with Crippen LogP contribution in [-0.2, 0) is 11.2 Å². The Hall–Kier alpha value is -2.33. The third-order valence-corrected chi connectivity index (χ3v) is 3.52. The zero-order chi connectivity index (χ0) is 16.1. The largest absolute Gasteiger partial charge is 0.480 e. The molecule has 0 bridgehead atoms. The van der Waals surface area contributed by atoms with Gasteiger partial charge in [0, 0.05) is 17.0 Å². The average molecular weight is 318 g/mol. The number of benzene rings is 2. The molecule has 2 rings (SSSR count). The molecule has 2 aromatic carbocycles. The normalized spacial score (nSPS) is 11.7. The van der Waals surface area contributed by atoms with Gasteiger partial charge >= 0.3 is 5.97 Å². The summed E-state index contributed by atoms with van der Waals surface area (Å²) in [5.41, 5.74) is 2.33. The van der Waals surface area contributed by atoms with Gasteiger partial charge < -0.3 is 10.4 Å². The van der Waals surface area contributed by atoms with Crippen LogP contribution in [0.4, 0.5) is 0 Å². The Morgan fingerprint density at radius 1 is 1.09 bits per heavy atom. The molecule has 0 radical (unpaired) electrons. The van der Waals surface area contributed by atoms with Crippen molar-refractivity contribution in [3.63, 3.8) is 0 Å². The summed E-state index contributed by atoms with van der Waals surface area (Å²) < 4.78 is 0. The van der Waals surface area contributed by atoms with Crippen molar-refractivity contribution in [2.24, 2.45) is 0 Å². The second kappa shape index (κ2) is 7.09. The molecule has 0 spiro atoms. The van der Waals surface area contributed by atoms with Crippen molar-refractivity contribution in [3.05, 3.63) is 70.2 Å². The zero-order valence-electron chi connectivity index (χ0n) is 12.0. The van der Waals surface area contributed by atoms with Crippen molar-refractivity contribution in [2.75, 3.05) is 0 Å². The monoisotopic (exact) mass is 317 g/mol. The summed E-state index contributed by atoms with van der Waals surface area (Å²) in [5.74, 6) is -1.50. The number of carboxylic acids is 1. The first-order valence-corrected chi connectivity index (χ1v) is 7.18. The number of hydrogen-bond donors (Lipinski definition) is 2. The van der Waals surface area contributed by atoms with Gasteiger partial charge in [-0.25, -0.2) is 4.79 Å². The molecule has 5 heteroatoms. The number of aryl methyl sites for hydroxylation is 1. The van der Waals surface area contributed by atoms with E-state index in [1.165, 1.54) is 0 Å². The van der Waals surface area contributed by atoms with Gasteiger partial charge in [-0.15, -0.1) is 0 Å². The molecular formula is C17H16ClNO3. The van der Waals surface area contributed by atoms with Gasteiger partial charge in [0.25, 0.3) is 5.91 Å². The van der Waals surface area contributed by atoms with Crippen molar-refractivity contribution < 1.29 is 14.7 Å². The molecule has 0 aliphatic carbocycles. The van der Waals surface area contributed by atoms with Crippen LogP contribution in [0.1, 0.15) is 21.5 Å². The number of nitrogens with one attached hydrogen (secondary N) is 1. The predicted molar refractivity (Wildman–Crippen MR) is 85.2 cm³/mol. The Kier molecular flexibility index (Phi) is 5.17. The minimum Gasteiger partial charge on any atom is -0.480 e. The second-order valence-electron chi connectivity index (χ2n) is 5.06. The molecule has 0 unspecified atom stereocenters. The smallest absolute Gasteiger partial charge is 0.326 e. The molecule has 0 aliphatic rings. The molecule has 4 nitrogen and oxygen atoms in total. The first-order chi connectivity index (χ1) is 10.5. The lowest BCUT2D eigenvalue weighted by Gasteiger charge is -2.15. The van der Waals surface area contributed by atoms with E-state index in [0.717, 1.165) is 11.1 Å². The molecular weight excluding hydrogens is 302 g/mol. The highest BCUT2D eigenvalue weighted by atomic mass is 35.5. The predicted octanol–water partition coefficient (Wildman–Crippen LogP) is 3.07. The van der Waals surface area contributed by atoms with E-state index in [1.807, 2.05) is 31.2 Å². The van der Waals surface area contributed by atoms with Crippen molar-refractivity contribution >= 4 is 23.5 Å². The van der Waals surface area contributed by atoms with Crippen LogP contribution in [0.5, 0.6) is 0 Å². The SMILES string of the molecule is Cc1ccc(C[C@@H](NC(=O)c2ccc(Cl)cc2)C(=O)O)cc1. The molecule has 0 aliphatic heterocycles. The molecule has 1 amide bonds. The lowest BCUT2D eigenvalue weighted by molar-refractivity contribution is -0.139. The molecule has 1 atom stereocenters. The van der Waals surface area contributed by atoms with Gasteiger partial charge in [-0.3, -0.25) is 4.79 Å². The van der Waals surface area contributed by atoms with Crippen molar-refractivity contribution in [3.8, 4) is 0 Å². The van der Waals surface area contributed by atoms with E-state index in [2.05, 4.69) is 5.32 Å². The van der Waals surface area contributed by atoms with Crippen LogP contribution >= 0.6 is 11.6 Å². The molecule has 2 N–H and O–H groups in total. The summed E-state index contributed by atoms with van der Waals surface area (Å²) in [5, 5.41) is 12.3. The summed E-state index contributed by atoms with van der Waals surface area (Å²) in [6.45, 7) is 1.96. The van der Waals surface area contributed by atoms with Crippen molar-refractivity contribution in [1.29, 1.82) is 0 Å². The van der Waals surface area contributed by atoms with Gasteiger partial charge in [0.1, 0.15) is 6.04 Å². The van der Waals surface area contributed by atoms with E-state index in [4.69, 9.17) is 11.6 Å². The number of amides is 1. The number of carboxylic acid groups (broad SMARTS) is 1. The van der Waals surface area contributed by atoms with Crippen LogP contribution in [0, 0.1) is 6.92 Å². The fourth-order valence-electron chi connectivity index (χ4n) is 2.00. The highest BCUT2D eigenvalue weighted by molar-refractivity contribution is 6.30. The Morgan fingerprint density at radius 3 is 2.23 bits per heavy atom. The lowest BCUT2D eigenvalue weighted by Crippen LogP contribution is -2.42. The summed E-state index contributed by atoms with van der Waals surface area (Å²) in [6, 6.07) is 12.9. The molecule has 0 saturated carbocycles. The third kappa shape index (κ3) is 4.33. The van der Waals surface area contributed by atoms with E-state index in [9.17, 15) is 14.7 Å². The maximum Gasteiger partial charge on any atom is 0.326 e. The Balaban J connectivity index is 2.08. The van der Waals surface area contributed by atoms with Crippen molar-refractivity contribution in [1.82, 2.24) is 5.32 Å². The molecule has 0 saturated heterocycles. The third-order valence-electron chi connectivity index (χ3n) is 3.27. The van der Waals surface area contributed by atoms with Gasteiger partial charge in [-0.2, -0.15) is 0 Å². The number of halogens is 1. The van der Waals surface area contributed by atoms with Crippen molar-refractivity contribution in [2.45, 2.75) is 19.4 Å². The van der Waals surface area contributed by atoms with Gasteiger partial charge in [0.15, 0.2) is 0 Å². The number of carbonyl (C=O) groups is 2. The fraction of sp³-hybridized carbons (Fsp3) is 0.176. The highest BCUT2D eigenvalue weighted by Crippen LogP contribution is 2.11. The standard InChI is InChI=1S/C17H16ClNO3/c1-11-2-4-12(5-3-11)10-15(17(21)22)19-16(20)13-6-8-14(18)9-7-13/h2-9,15H,10H2,1H3,(H,19,20)(H,21,22)/t15-/m1/s1. The summed E-state index contributed by atoms with van der Waals surface area (Å²) in [4.78, 5) is 23.5. The molecule has 2 aromatic rings. The average Bonchev–Trinajstić information content (AvgIpc) is 2.49. The van der Waals surface area contributed by atoms with Crippen LogP contribution in [-0.4, -0.2) is 23.0 Å². The lowest BCUT2D eigenvalue weighted by atomic mass is 10.0. The first-order valence-electron chi connectivity index (χ1n) is 6.80. The van der Waals surface area contributed by atoms with Crippen LogP contribution in [0.25, 0.3) is 0 Å². The van der Waals surface area contributed by atoms with Gasteiger partial charge in [-0.1, -0.05) is 41.4 Å². The quantitative estimate of drug-likeness (QED) is 0.890. The summed E-state index contributed by atoms with van der Waals surface area (Å²) in [7, 11) is 0. The molecule has 0 fully saturated rings. The van der Waals surface area contributed by atoms with E-state index >= 15 is 0 Å². The number of rotatable bonds is 5. The van der Waals surface area contributed by atoms with Crippen LogP contribution in [0.2, 0.25) is 5.02 Å². The molecule has 22 heavy (non-hydrogen) atoms. The first kappa shape index (κ1) is 16.0. The summed E-state index contributed by atoms with van der Waals surface area (Å²) in [6.07, 6.45) is 0.231. The van der Waals surface area contributed by atoms with Gasteiger partial charge in [0.05, 0.1) is 0 Å². The minimum atomic E-state index is -1.07. The van der Waals surface area contributed by atoms with E-state index in [-0.39, 0.29) is 6.42 Å². The zero-order valence-corrected chi connectivity index (χ0v) is 12.8. The fourth-order valence-corrected chi connectivity index (χ4v) is 2.13. The van der Waals surface area contributed by atoms with Crippen LogP contribution < -0.4 is 5.32 Å². The minimum absolute atomic E-state index is 0.231. The molecule has 114 valence electrons. The van der Waals surface area contributed by atoms with E-state index < -0.39 is 17.9 Å². The molecule has 0 aromatic heterocycles. The number of aliphatic carboxylic acids is 1. The van der Waals surface area contributed by atoms with E-state index in [1.54, 1.807) is 24.3 Å². The summed E-state index contributed by atoms with van der Waals surface area (Å²) >= 11 is 5.77. The maximum atomic E-state index is 12.1. The number of carbonyl (C=O) groups excluding carboxylic acids is 1. The molecule has 0 heterocycles.